The summed E-state index contributed by atoms with van der Waals surface area (Å²) >= 11 is 0. The Labute approximate surface area is 186 Å². The lowest BCUT2D eigenvalue weighted by Gasteiger charge is -2.18. The van der Waals surface area contributed by atoms with Crippen molar-refractivity contribution in [1.82, 2.24) is 0 Å². The average Bonchev–Trinajstić information content (AvgIpc) is 2.78. The molecule has 0 saturated carbocycles. The molecule has 0 aliphatic heterocycles. The van der Waals surface area contributed by atoms with Gasteiger partial charge in [0.05, 0.1) is 0 Å². The third kappa shape index (κ3) is 4.83. The lowest BCUT2D eigenvalue weighted by atomic mass is 9.86. The van der Waals surface area contributed by atoms with Crippen molar-refractivity contribution >= 4 is 12.2 Å². The number of benzene rings is 3. The topological polar surface area (TPSA) is 3.88 Å². The Hall–Kier alpha value is -3.45. The second-order valence-electron chi connectivity index (χ2n) is 9.08. The molecule has 4 aromatic rings. The van der Waals surface area contributed by atoms with E-state index in [1.165, 1.54) is 39.1 Å². The highest BCUT2D eigenvalue weighted by Gasteiger charge is 2.17. The summed E-state index contributed by atoms with van der Waals surface area (Å²) in [5.41, 5.74) is 8.80. The Morgan fingerprint density at radius 1 is 0.645 bits per heavy atom. The van der Waals surface area contributed by atoms with Gasteiger partial charge >= 0.3 is 0 Å². The van der Waals surface area contributed by atoms with Gasteiger partial charge in [0.25, 0.3) is 0 Å². The molecule has 1 heterocycles. The number of pyridine rings is 1. The maximum absolute atomic E-state index is 2.29. The van der Waals surface area contributed by atoms with Crippen molar-refractivity contribution in [3.05, 3.63) is 114 Å². The van der Waals surface area contributed by atoms with E-state index in [-0.39, 0.29) is 5.41 Å². The highest BCUT2D eigenvalue weighted by molar-refractivity contribution is 5.80. The molecule has 0 atom stereocenters. The molecular weight excluding hydrogens is 374 g/mol. The predicted molar refractivity (Wildman–Crippen MR) is 133 cm³/mol. The fourth-order valence-electron chi connectivity index (χ4n) is 3.91. The van der Waals surface area contributed by atoms with Crippen LogP contribution in [0.25, 0.3) is 34.5 Å². The standard InChI is InChI=1S/C30H30N/c1-30(2,3)28-19-16-23(17-20-28)15-18-26-21-27(24-11-7-5-8-12-24)22-31(4)29(26)25-13-9-6-10-14-25/h5-22H,1-4H3/q+1/b18-15+. The van der Waals surface area contributed by atoms with Crippen LogP contribution < -0.4 is 4.57 Å². The summed E-state index contributed by atoms with van der Waals surface area (Å²) in [5, 5.41) is 0. The Bertz CT molecular complexity index is 1180. The minimum Gasteiger partial charge on any atom is -0.200 e. The molecule has 0 bridgehead atoms. The number of aryl methyl sites for hydroxylation is 1. The molecule has 3 aromatic carbocycles. The molecule has 0 spiro atoms. The maximum atomic E-state index is 2.29. The largest absolute Gasteiger partial charge is 0.219 e. The van der Waals surface area contributed by atoms with Gasteiger partial charge in [-0.1, -0.05) is 99.6 Å². The van der Waals surface area contributed by atoms with E-state index >= 15 is 0 Å². The van der Waals surface area contributed by atoms with Crippen LogP contribution in [0, 0.1) is 0 Å². The number of hydrogen-bond donors (Lipinski definition) is 0. The lowest BCUT2D eigenvalue weighted by Crippen LogP contribution is -2.31. The molecule has 1 aromatic heterocycles. The van der Waals surface area contributed by atoms with Gasteiger partial charge in [-0.05, 0) is 46.4 Å². The average molecular weight is 405 g/mol. The van der Waals surface area contributed by atoms with Crippen molar-refractivity contribution in [2.24, 2.45) is 7.05 Å². The molecule has 1 heteroatoms. The molecule has 0 saturated heterocycles. The lowest BCUT2D eigenvalue weighted by molar-refractivity contribution is -0.660. The summed E-state index contributed by atoms with van der Waals surface area (Å²) in [4.78, 5) is 0. The molecule has 0 aliphatic rings. The van der Waals surface area contributed by atoms with Crippen molar-refractivity contribution in [3.63, 3.8) is 0 Å². The molecule has 154 valence electrons. The van der Waals surface area contributed by atoms with Crippen molar-refractivity contribution in [1.29, 1.82) is 0 Å². The minimum absolute atomic E-state index is 0.167. The zero-order valence-corrected chi connectivity index (χ0v) is 18.8. The summed E-state index contributed by atoms with van der Waals surface area (Å²) in [7, 11) is 2.13. The number of rotatable bonds is 4. The first-order chi connectivity index (χ1) is 14.9. The van der Waals surface area contributed by atoms with Crippen molar-refractivity contribution in [2.75, 3.05) is 0 Å². The fraction of sp³-hybridized carbons (Fsp3) is 0.167. The van der Waals surface area contributed by atoms with E-state index in [1.807, 2.05) is 0 Å². The first-order valence-corrected chi connectivity index (χ1v) is 10.8. The molecule has 0 amide bonds. The van der Waals surface area contributed by atoms with Crippen LogP contribution in [0.3, 0.4) is 0 Å². The van der Waals surface area contributed by atoms with Crippen LogP contribution in [0.4, 0.5) is 0 Å². The van der Waals surface area contributed by atoms with E-state index in [9.17, 15) is 0 Å². The van der Waals surface area contributed by atoms with E-state index in [0.29, 0.717) is 0 Å². The summed E-state index contributed by atoms with van der Waals surface area (Å²) in [6.07, 6.45) is 6.66. The van der Waals surface area contributed by atoms with Gasteiger partial charge < -0.3 is 0 Å². The third-order valence-electron chi connectivity index (χ3n) is 5.66. The van der Waals surface area contributed by atoms with E-state index in [4.69, 9.17) is 0 Å². The Morgan fingerprint density at radius 3 is 1.81 bits per heavy atom. The molecule has 0 fully saturated rings. The van der Waals surface area contributed by atoms with E-state index in [2.05, 4.69) is 142 Å². The van der Waals surface area contributed by atoms with Gasteiger partial charge in [0, 0.05) is 16.7 Å². The molecule has 0 N–H and O–H groups in total. The maximum Gasteiger partial charge on any atom is 0.219 e. The first-order valence-electron chi connectivity index (χ1n) is 10.8. The Kier molecular flexibility index (Phi) is 5.86. The summed E-state index contributed by atoms with van der Waals surface area (Å²) in [6.45, 7) is 6.75. The summed E-state index contributed by atoms with van der Waals surface area (Å²) < 4.78 is 2.24. The second-order valence-corrected chi connectivity index (χ2v) is 9.08. The molecule has 31 heavy (non-hydrogen) atoms. The molecular formula is C30H30N+. The number of hydrogen-bond acceptors (Lipinski definition) is 0. The van der Waals surface area contributed by atoms with Crippen LogP contribution in [-0.2, 0) is 12.5 Å². The zero-order chi connectivity index (χ0) is 21.8. The SMILES string of the molecule is C[n+]1cc(-c2ccccc2)cc(/C=C/c2ccc(C(C)(C)C)cc2)c1-c1ccccc1. The highest BCUT2D eigenvalue weighted by atomic mass is 14.9. The minimum atomic E-state index is 0.167. The van der Waals surface area contributed by atoms with Gasteiger partial charge in [0.1, 0.15) is 7.05 Å². The van der Waals surface area contributed by atoms with Crippen LogP contribution in [0.2, 0.25) is 0 Å². The number of nitrogens with zero attached hydrogens (tertiary/aromatic N) is 1. The van der Waals surface area contributed by atoms with Crippen molar-refractivity contribution < 1.29 is 4.57 Å². The molecule has 4 rings (SSSR count). The van der Waals surface area contributed by atoms with Crippen LogP contribution in [0.5, 0.6) is 0 Å². The van der Waals surface area contributed by atoms with Crippen LogP contribution in [0.15, 0.2) is 97.2 Å². The van der Waals surface area contributed by atoms with Gasteiger partial charge in [-0.3, -0.25) is 0 Å². The molecule has 0 aliphatic carbocycles. The molecule has 1 nitrogen and oxygen atoms in total. The molecule has 0 radical (unpaired) electrons. The van der Waals surface area contributed by atoms with Gasteiger partial charge in [-0.2, -0.15) is 4.57 Å². The van der Waals surface area contributed by atoms with E-state index in [0.717, 1.165) is 0 Å². The monoisotopic (exact) mass is 404 g/mol. The van der Waals surface area contributed by atoms with Gasteiger partial charge in [0.2, 0.25) is 5.69 Å². The zero-order valence-electron chi connectivity index (χ0n) is 18.8. The van der Waals surface area contributed by atoms with Crippen molar-refractivity contribution in [2.45, 2.75) is 26.2 Å². The van der Waals surface area contributed by atoms with E-state index < -0.39 is 0 Å². The normalized spacial score (nSPS) is 11.7. The van der Waals surface area contributed by atoms with Crippen LogP contribution in [0.1, 0.15) is 37.5 Å². The number of aromatic nitrogens is 1. The fourth-order valence-corrected chi connectivity index (χ4v) is 3.91. The summed E-state index contributed by atoms with van der Waals surface area (Å²) in [6, 6.07) is 32.3. The first kappa shape index (κ1) is 20.8. The van der Waals surface area contributed by atoms with E-state index in [1.54, 1.807) is 0 Å². The van der Waals surface area contributed by atoms with Crippen molar-refractivity contribution in [3.8, 4) is 22.4 Å². The van der Waals surface area contributed by atoms with Gasteiger partial charge in [-0.15, -0.1) is 0 Å². The third-order valence-corrected chi connectivity index (χ3v) is 5.66. The highest BCUT2D eigenvalue weighted by Crippen LogP contribution is 2.27. The Balaban J connectivity index is 1.79. The van der Waals surface area contributed by atoms with Gasteiger partial charge in [0.15, 0.2) is 6.20 Å². The molecule has 0 unspecified atom stereocenters. The van der Waals surface area contributed by atoms with Crippen LogP contribution >= 0.6 is 0 Å². The van der Waals surface area contributed by atoms with Crippen LogP contribution in [-0.4, -0.2) is 0 Å². The predicted octanol–water partition coefficient (Wildman–Crippen LogP) is 7.31. The quantitative estimate of drug-likeness (QED) is 0.314. The van der Waals surface area contributed by atoms with Gasteiger partial charge in [-0.25, -0.2) is 0 Å². The smallest absolute Gasteiger partial charge is 0.200 e. The Morgan fingerprint density at radius 2 is 1.23 bits per heavy atom. The summed E-state index contributed by atoms with van der Waals surface area (Å²) in [5.74, 6) is 0. The second kappa shape index (κ2) is 8.73.